The Balaban J connectivity index is 0.000000323. The van der Waals surface area contributed by atoms with Gasteiger partial charge in [0.15, 0.2) is 0 Å². The molecule has 0 atom stereocenters. The van der Waals surface area contributed by atoms with Gasteiger partial charge in [0, 0.05) is 37.3 Å². The number of fused-ring (bicyclic) bond motifs is 3. The molecule has 0 amide bonds. The van der Waals surface area contributed by atoms with E-state index in [1.54, 1.807) is 0 Å². The van der Waals surface area contributed by atoms with Crippen LogP contribution in [0.3, 0.4) is 0 Å². The summed E-state index contributed by atoms with van der Waals surface area (Å²) in [5.41, 5.74) is 12.5. The summed E-state index contributed by atoms with van der Waals surface area (Å²) in [5.74, 6) is 0.308. The van der Waals surface area contributed by atoms with Gasteiger partial charge in [-0.3, -0.25) is 0 Å². The predicted octanol–water partition coefficient (Wildman–Crippen LogP) is 3.88. The average molecular weight is 472 g/mol. The molecule has 2 N–H and O–H groups in total. The SMILES string of the molecule is C=C=CN.[CH2-]C1c2ccccc2-c2ccccc21.[U]. The summed E-state index contributed by atoms with van der Waals surface area (Å²) in [6.07, 6.45) is 1.26. The molecule has 0 saturated carbocycles. The summed E-state index contributed by atoms with van der Waals surface area (Å²) >= 11 is 0. The Hall–Kier alpha value is -1.19. The van der Waals surface area contributed by atoms with Crippen molar-refractivity contribution >= 4 is 0 Å². The standard InChI is InChI=1S/C14H11.C3H5N.U/c1-10-11-6-2-4-8-13(11)14-9-5-3-7-12(10)14;1-2-3-4;/h2-10H,1H2;3H,1,4H2;/q-1;;. The van der Waals surface area contributed by atoms with Crippen LogP contribution >= 0.6 is 0 Å². The first-order valence-corrected chi connectivity index (χ1v) is 5.87. The van der Waals surface area contributed by atoms with E-state index in [2.05, 4.69) is 67.8 Å². The van der Waals surface area contributed by atoms with E-state index in [1.165, 1.54) is 28.5 Å². The summed E-state index contributed by atoms with van der Waals surface area (Å²) in [7, 11) is 0. The normalized spacial score (nSPS) is 11.0. The minimum atomic E-state index is 0. The van der Waals surface area contributed by atoms with Gasteiger partial charge in [0.2, 0.25) is 0 Å². The summed E-state index contributed by atoms with van der Waals surface area (Å²) < 4.78 is 0. The first-order valence-electron chi connectivity index (χ1n) is 5.87. The minimum Gasteiger partial charge on any atom is -0.398 e. The summed E-state index contributed by atoms with van der Waals surface area (Å²) in [5, 5.41) is 0. The van der Waals surface area contributed by atoms with Crippen LogP contribution in [0.5, 0.6) is 0 Å². The zero-order valence-corrected chi connectivity index (χ0v) is 14.9. The van der Waals surface area contributed by atoms with Crippen molar-refractivity contribution < 1.29 is 31.1 Å². The molecule has 0 unspecified atom stereocenters. The van der Waals surface area contributed by atoms with Gasteiger partial charge in [0.1, 0.15) is 0 Å². The van der Waals surface area contributed by atoms with Gasteiger partial charge in [0.25, 0.3) is 0 Å². The van der Waals surface area contributed by atoms with Crippen LogP contribution in [0.1, 0.15) is 17.0 Å². The number of hydrogen-bond donors (Lipinski definition) is 1. The molecule has 19 heavy (non-hydrogen) atoms. The predicted molar refractivity (Wildman–Crippen MR) is 77.0 cm³/mol. The molecule has 0 heterocycles. The van der Waals surface area contributed by atoms with Crippen molar-refractivity contribution in [2.75, 3.05) is 0 Å². The zero-order chi connectivity index (χ0) is 13.0. The van der Waals surface area contributed by atoms with Crippen molar-refractivity contribution in [3.63, 3.8) is 0 Å². The molecule has 0 aromatic heterocycles. The van der Waals surface area contributed by atoms with E-state index in [9.17, 15) is 0 Å². The monoisotopic (exact) mass is 472 g/mol. The maximum Gasteiger partial charge on any atom is 0.0365 e. The fourth-order valence-corrected chi connectivity index (χ4v) is 2.26. The summed E-state index contributed by atoms with van der Waals surface area (Å²) in [4.78, 5) is 0. The fraction of sp³-hybridized carbons (Fsp3) is 0.0588. The van der Waals surface area contributed by atoms with E-state index < -0.39 is 0 Å². The largest absolute Gasteiger partial charge is 0.398 e. The van der Waals surface area contributed by atoms with E-state index in [1.807, 2.05) is 0 Å². The maximum atomic E-state index is 4.73. The molecule has 0 saturated heterocycles. The molecule has 0 radical (unpaired) electrons. The Kier molecular flexibility index (Phi) is 6.19. The maximum absolute atomic E-state index is 4.73. The van der Waals surface area contributed by atoms with Crippen molar-refractivity contribution in [3.05, 3.63) is 85.1 Å². The van der Waals surface area contributed by atoms with Crippen molar-refractivity contribution in [2.24, 2.45) is 5.73 Å². The van der Waals surface area contributed by atoms with E-state index in [0.717, 1.165) is 0 Å². The molecule has 1 aliphatic rings. The van der Waals surface area contributed by atoms with Gasteiger partial charge >= 0.3 is 0 Å². The van der Waals surface area contributed by atoms with Gasteiger partial charge in [-0.15, -0.1) is 11.6 Å². The van der Waals surface area contributed by atoms with Gasteiger partial charge in [-0.1, -0.05) is 66.2 Å². The quantitative estimate of drug-likeness (QED) is 0.457. The molecule has 0 spiro atoms. The van der Waals surface area contributed by atoms with E-state index >= 15 is 0 Å². The zero-order valence-electron chi connectivity index (χ0n) is 10.8. The van der Waals surface area contributed by atoms with Crippen LogP contribution in [-0.2, 0) is 0 Å². The summed E-state index contributed by atoms with van der Waals surface area (Å²) in [6.45, 7) is 7.39. The molecular formula is C17H16NU-. The average Bonchev–Trinajstić information content (AvgIpc) is 2.74. The fourth-order valence-electron chi connectivity index (χ4n) is 2.26. The Morgan fingerprint density at radius 1 is 1.00 bits per heavy atom. The molecule has 3 rings (SSSR count). The van der Waals surface area contributed by atoms with E-state index in [-0.39, 0.29) is 31.1 Å². The third kappa shape index (κ3) is 3.23. The second-order valence-electron chi connectivity index (χ2n) is 4.10. The smallest absolute Gasteiger partial charge is 0.0365 e. The van der Waals surface area contributed by atoms with Crippen molar-refractivity contribution in [1.29, 1.82) is 0 Å². The molecule has 0 bridgehead atoms. The molecule has 2 aromatic rings. The first kappa shape index (κ1) is 15.9. The van der Waals surface area contributed by atoms with E-state index in [4.69, 9.17) is 5.73 Å². The number of hydrogen-bond acceptors (Lipinski definition) is 1. The molecule has 1 aliphatic carbocycles. The van der Waals surface area contributed by atoms with Gasteiger partial charge in [-0.05, 0) is 11.1 Å². The molecule has 2 aromatic carbocycles. The van der Waals surface area contributed by atoms with Gasteiger partial charge in [-0.2, -0.15) is 0 Å². The summed E-state index contributed by atoms with van der Waals surface area (Å²) in [6, 6.07) is 17.1. The first-order chi connectivity index (χ1) is 8.79. The third-order valence-corrected chi connectivity index (χ3v) is 3.08. The van der Waals surface area contributed by atoms with Crippen LogP contribution in [0, 0.1) is 38.0 Å². The molecular weight excluding hydrogens is 456 g/mol. The van der Waals surface area contributed by atoms with Gasteiger partial charge in [-0.25, -0.2) is 0 Å². The molecule has 0 aliphatic heterocycles. The van der Waals surface area contributed by atoms with Crippen LogP contribution in [0.25, 0.3) is 11.1 Å². The second kappa shape index (κ2) is 7.41. The Bertz CT molecular complexity index is 552. The van der Waals surface area contributed by atoms with Crippen LogP contribution in [0.2, 0.25) is 0 Å². The molecule has 1 nitrogen and oxygen atoms in total. The number of benzene rings is 2. The Morgan fingerprint density at radius 2 is 1.37 bits per heavy atom. The Labute approximate surface area is 138 Å². The molecule has 2 heteroatoms. The number of rotatable bonds is 0. The van der Waals surface area contributed by atoms with Crippen molar-refractivity contribution in [2.45, 2.75) is 5.92 Å². The molecule has 94 valence electrons. The Morgan fingerprint density at radius 3 is 1.74 bits per heavy atom. The van der Waals surface area contributed by atoms with Crippen LogP contribution in [-0.4, -0.2) is 0 Å². The van der Waals surface area contributed by atoms with Crippen LogP contribution in [0.15, 0.2) is 67.0 Å². The van der Waals surface area contributed by atoms with Crippen LogP contribution in [0.4, 0.5) is 0 Å². The van der Waals surface area contributed by atoms with Crippen molar-refractivity contribution in [1.82, 2.24) is 0 Å². The van der Waals surface area contributed by atoms with Gasteiger partial charge < -0.3 is 12.7 Å². The molecule has 0 fully saturated rings. The number of nitrogens with two attached hydrogens (primary N) is 1. The minimum absolute atomic E-state index is 0. The van der Waals surface area contributed by atoms with Crippen molar-refractivity contribution in [3.8, 4) is 11.1 Å². The van der Waals surface area contributed by atoms with Gasteiger partial charge in [0.05, 0.1) is 0 Å². The van der Waals surface area contributed by atoms with E-state index in [0.29, 0.717) is 5.92 Å². The second-order valence-corrected chi connectivity index (χ2v) is 4.10. The topological polar surface area (TPSA) is 26.0 Å². The van der Waals surface area contributed by atoms with Crippen LogP contribution < -0.4 is 5.73 Å². The third-order valence-electron chi connectivity index (χ3n) is 3.08.